The highest BCUT2D eigenvalue weighted by Crippen LogP contribution is 2.83. The Morgan fingerprint density at radius 1 is 1.31 bits per heavy atom. The van der Waals surface area contributed by atoms with Crippen molar-refractivity contribution in [1.29, 1.82) is 0 Å². The van der Waals surface area contributed by atoms with E-state index in [9.17, 15) is 4.39 Å². The first-order valence-electron chi connectivity index (χ1n) is 4.58. The number of alkyl halides is 2. The molecule has 0 radical (unpaired) electrons. The van der Waals surface area contributed by atoms with Gasteiger partial charge in [-0.05, 0) is 33.8 Å². The molecular weight excluding hydrogens is 231 g/mol. The molecule has 3 atom stereocenters. The van der Waals surface area contributed by atoms with E-state index in [0.29, 0.717) is 12.3 Å². The third-order valence-electron chi connectivity index (χ3n) is 3.42. The van der Waals surface area contributed by atoms with Gasteiger partial charge in [0.05, 0.1) is 0 Å². The summed E-state index contributed by atoms with van der Waals surface area (Å²) in [6.45, 7) is 0. The zero-order valence-corrected chi connectivity index (χ0v) is 8.72. The van der Waals surface area contributed by atoms with Crippen LogP contribution in [0.5, 0.6) is 0 Å². The molecule has 0 aliphatic heterocycles. The predicted molar refractivity (Wildman–Crippen MR) is 53.6 cm³/mol. The van der Waals surface area contributed by atoms with Crippen LogP contribution in [-0.4, -0.2) is 4.58 Å². The maximum absolute atomic E-state index is 13.5. The van der Waals surface area contributed by atoms with Crippen molar-refractivity contribution in [1.82, 2.24) is 0 Å². The summed E-state index contributed by atoms with van der Waals surface area (Å²) >= 11 is 3.14. The molecule has 68 valence electrons. The lowest BCUT2D eigenvalue weighted by Gasteiger charge is -1.98. The standard InChI is InChI=1S/C11H10BrF/c12-11(13)7-10(11)6-9(10)8-4-2-1-3-5-8/h1-5,9H,6-7H2. The van der Waals surface area contributed by atoms with E-state index < -0.39 is 4.58 Å². The molecule has 1 aromatic carbocycles. The highest BCUT2D eigenvalue weighted by Gasteiger charge is 2.80. The van der Waals surface area contributed by atoms with E-state index in [4.69, 9.17) is 0 Å². The molecule has 0 bridgehead atoms. The molecule has 0 aromatic heterocycles. The van der Waals surface area contributed by atoms with E-state index in [0.717, 1.165) is 6.42 Å². The molecular formula is C11H10BrF. The van der Waals surface area contributed by atoms with Crippen LogP contribution in [0.25, 0.3) is 0 Å². The smallest absolute Gasteiger partial charge is 0.172 e. The van der Waals surface area contributed by atoms with E-state index in [1.165, 1.54) is 5.56 Å². The average Bonchev–Trinajstić information content (AvgIpc) is 2.93. The largest absolute Gasteiger partial charge is 0.231 e. The maximum atomic E-state index is 13.5. The Labute approximate surface area is 85.3 Å². The third kappa shape index (κ3) is 0.954. The van der Waals surface area contributed by atoms with E-state index in [1.54, 1.807) is 0 Å². The van der Waals surface area contributed by atoms with Crippen molar-refractivity contribution in [3.63, 3.8) is 0 Å². The average molecular weight is 241 g/mol. The van der Waals surface area contributed by atoms with Crippen molar-refractivity contribution < 1.29 is 4.39 Å². The van der Waals surface area contributed by atoms with Gasteiger partial charge in [0, 0.05) is 11.8 Å². The highest BCUT2D eigenvalue weighted by molar-refractivity contribution is 9.10. The summed E-state index contributed by atoms with van der Waals surface area (Å²) in [5.41, 5.74) is 1.26. The molecule has 2 heteroatoms. The second kappa shape index (κ2) is 2.17. The third-order valence-corrected chi connectivity index (χ3v) is 4.49. The summed E-state index contributed by atoms with van der Waals surface area (Å²) in [5.74, 6) is 0.457. The minimum atomic E-state index is -1.06. The zero-order valence-electron chi connectivity index (χ0n) is 7.13. The van der Waals surface area contributed by atoms with Gasteiger partial charge in [-0.2, -0.15) is 0 Å². The quantitative estimate of drug-likeness (QED) is 0.658. The first-order chi connectivity index (χ1) is 6.16. The number of hydrogen-bond acceptors (Lipinski definition) is 0. The fourth-order valence-corrected chi connectivity index (χ4v) is 3.32. The van der Waals surface area contributed by atoms with Crippen molar-refractivity contribution in [2.24, 2.45) is 5.41 Å². The van der Waals surface area contributed by atoms with Crippen LogP contribution >= 0.6 is 15.9 Å². The normalized spacial score (nSPS) is 46.5. The van der Waals surface area contributed by atoms with Crippen LogP contribution in [0.3, 0.4) is 0 Å². The molecule has 1 spiro atoms. The molecule has 2 aliphatic rings. The van der Waals surface area contributed by atoms with Crippen LogP contribution in [0.2, 0.25) is 0 Å². The van der Waals surface area contributed by atoms with Crippen LogP contribution in [-0.2, 0) is 0 Å². The maximum Gasteiger partial charge on any atom is 0.172 e. The van der Waals surface area contributed by atoms with E-state index >= 15 is 0 Å². The molecule has 3 unspecified atom stereocenters. The van der Waals surface area contributed by atoms with Crippen molar-refractivity contribution in [2.75, 3.05) is 0 Å². The van der Waals surface area contributed by atoms with Crippen LogP contribution < -0.4 is 0 Å². The summed E-state index contributed by atoms with van der Waals surface area (Å²) in [6, 6.07) is 10.2. The summed E-state index contributed by atoms with van der Waals surface area (Å²) in [5, 5.41) is 0. The van der Waals surface area contributed by atoms with Crippen LogP contribution in [0.15, 0.2) is 30.3 Å². The van der Waals surface area contributed by atoms with Gasteiger partial charge in [0.25, 0.3) is 0 Å². The second-order valence-corrected chi connectivity index (χ2v) is 5.46. The summed E-state index contributed by atoms with van der Waals surface area (Å²) in [6.07, 6.45) is 1.71. The molecule has 2 fully saturated rings. The van der Waals surface area contributed by atoms with Crippen molar-refractivity contribution >= 4 is 15.9 Å². The molecule has 0 N–H and O–H groups in total. The minimum absolute atomic E-state index is 0.0334. The Morgan fingerprint density at radius 3 is 2.38 bits per heavy atom. The van der Waals surface area contributed by atoms with Gasteiger partial charge in [0.1, 0.15) is 0 Å². The Bertz CT molecular complexity index is 346. The van der Waals surface area contributed by atoms with E-state index in [-0.39, 0.29) is 5.41 Å². The minimum Gasteiger partial charge on any atom is -0.231 e. The number of hydrogen-bond donors (Lipinski definition) is 0. The first kappa shape index (κ1) is 7.98. The van der Waals surface area contributed by atoms with Gasteiger partial charge in [0.2, 0.25) is 0 Å². The summed E-state index contributed by atoms with van der Waals surface area (Å²) in [4.78, 5) is 0. The summed E-state index contributed by atoms with van der Waals surface area (Å²) < 4.78 is 12.4. The fraction of sp³-hybridized carbons (Fsp3) is 0.455. The Balaban J connectivity index is 1.86. The second-order valence-electron chi connectivity index (χ2n) is 4.20. The molecule has 2 saturated carbocycles. The van der Waals surface area contributed by atoms with Crippen molar-refractivity contribution in [2.45, 2.75) is 23.3 Å². The van der Waals surface area contributed by atoms with Crippen LogP contribution in [0.1, 0.15) is 24.3 Å². The lowest BCUT2D eigenvalue weighted by Crippen LogP contribution is -1.92. The molecule has 2 aliphatic carbocycles. The van der Waals surface area contributed by atoms with Gasteiger partial charge in [-0.25, -0.2) is 4.39 Å². The lowest BCUT2D eigenvalue weighted by molar-refractivity contribution is 0.404. The van der Waals surface area contributed by atoms with E-state index in [2.05, 4.69) is 28.1 Å². The van der Waals surface area contributed by atoms with Crippen molar-refractivity contribution in [3.05, 3.63) is 35.9 Å². The topological polar surface area (TPSA) is 0 Å². The van der Waals surface area contributed by atoms with Gasteiger partial charge < -0.3 is 0 Å². The highest BCUT2D eigenvalue weighted by atomic mass is 79.9. The Morgan fingerprint density at radius 2 is 1.92 bits per heavy atom. The number of benzene rings is 1. The molecule has 0 saturated heterocycles. The molecule has 3 rings (SSSR count). The molecule has 13 heavy (non-hydrogen) atoms. The summed E-state index contributed by atoms with van der Waals surface area (Å²) in [7, 11) is 0. The Kier molecular flexibility index (Phi) is 1.33. The molecule has 0 heterocycles. The molecule has 0 nitrogen and oxygen atoms in total. The predicted octanol–water partition coefficient (Wildman–Crippen LogP) is 3.62. The lowest BCUT2D eigenvalue weighted by atomic mass is 10.1. The molecule has 1 aromatic rings. The zero-order chi connectivity index (χ0) is 9.10. The van der Waals surface area contributed by atoms with Crippen LogP contribution in [0, 0.1) is 5.41 Å². The van der Waals surface area contributed by atoms with Gasteiger partial charge in [0.15, 0.2) is 4.58 Å². The monoisotopic (exact) mass is 240 g/mol. The van der Waals surface area contributed by atoms with Gasteiger partial charge in [-0.3, -0.25) is 0 Å². The number of rotatable bonds is 1. The molecule has 0 amide bonds. The van der Waals surface area contributed by atoms with Gasteiger partial charge in [-0.1, -0.05) is 30.3 Å². The van der Waals surface area contributed by atoms with Gasteiger partial charge >= 0.3 is 0 Å². The van der Waals surface area contributed by atoms with Crippen LogP contribution in [0.4, 0.5) is 4.39 Å². The Hall–Kier alpha value is -0.370. The van der Waals surface area contributed by atoms with Gasteiger partial charge in [-0.15, -0.1) is 0 Å². The fourth-order valence-electron chi connectivity index (χ4n) is 2.38. The number of halogens is 2. The first-order valence-corrected chi connectivity index (χ1v) is 5.38. The van der Waals surface area contributed by atoms with Crippen molar-refractivity contribution in [3.8, 4) is 0 Å². The SMILES string of the molecule is FC1(Br)CC12CC2c1ccccc1. The van der Waals surface area contributed by atoms with E-state index in [1.807, 2.05) is 18.2 Å².